The first-order valence-electron chi connectivity index (χ1n) is 9.18. The summed E-state index contributed by atoms with van der Waals surface area (Å²) < 4.78 is 29.9. The first-order chi connectivity index (χ1) is 15.2. The van der Waals surface area contributed by atoms with Crippen LogP contribution in [0.2, 0.25) is 10.0 Å². The lowest BCUT2D eigenvalue weighted by Gasteiger charge is -2.09. The summed E-state index contributed by atoms with van der Waals surface area (Å²) in [5.74, 6) is -0.599. The van der Waals surface area contributed by atoms with Crippen molar-refractivity contribution in [1.82, 2.24) is 0 Å². The minimum Gasteiger partial charge on any atom is -0.379 e. The summed E-state index contributed by atoms with van der Waals surface area (Å²) in [5, 5.41) is 12.4. The second-order valence-electron chi connectivity index (χ2n) is 6.64. The van der Waals surface area contributed by atoms with Crippen LogP contribution in [0.5, 0.6) is 5.75 Å². The van der Waals surface area contributed by atoms with Crippen LogP contribution in [-0.4, -0.2) is 14.3 Å². The van der Waals surface area contributed by atoms with E-state index in [4.69, 9.17) is 27.4 Å². The third kappa shape index (κ3) is 5.68. The minimum absolute atomic E-state index is 0.0359. The maximum Gasteiger partial charge on any atom is 0.339 e. The van der Waals surface area contributed by atoms with E-state index in [0.29, 0.717) is 5.56 Å². The van der Waals surface area contributed by atoms with Crippen LogP contribution in [0.15, 0.2) is 77.2 Å². The fraction of sp³-hybridized carbons (Fsp3) is 0.0435. The molecule has 0 radical (unpaired) electrons. The fourth-order valence-corrected chi connectivity index (χ4v) is 4.03. The van der Waals surface area contributed by atoms with E-state index in [1.807, 2.05) is 13.0 Å². The van der Waals surface area contributed by atoms with Crippen LogP contribution in [-0.2, 0) is 14.9 Å². The molecule has 0 saturated heterocycles. The molecule has 0 saturated carbocycles. The number of benzene rings is 3. The number of nitriles is 1. The van der Waals surface area contributed by atoms with E-state index in [9.17, 15) is 18.5 Å². The maximum absolute atomic E-state index is 12.5. The van der Waals surface area contributed by atoms with Crippen LogP contribution in [0.1, 0.15) is 11.1 Å². The Bertz CT molecular complexity index is 1310. The molecule has 0 unspecified atom stereocenters. The largest absolute Gasteiger partial charge is 0.379 e. The molecule has 32 heavy (non-hydrogen) atoms. The Morgan fingerprint density at radius 2 is 1.59 bits per heavy atom. The van der Waals surface area contributed by atoms with E-state index in [1.54, 1.807) is 30.3 Å². The fourth-order valence-electron chi connectivity index (χ4n) is 2.61. The van der Waals surface area contributed by atoms with Gasteiger partial charge in [0.25, 0.3) is 5.91 Å². The maximum atomic E-state index is 12.5. The molecule has 1 N–H and O–H groups in total. The first kappa shape index (κ1) is 23.4. The molecule has 0 aromatic heterocycles. The van der Waals surface area contributed by atoms with Crippen molar-refractivity contribution in [3.05, 3.63) is 93.5 Å². The second kappa shape index (κ2) is 9.88. The zero-order valence-electron chi connectivity index (χ0n) is 16.7. The summed E-state index contributed by atoms with van der Waals surface area (Å²) in [6.45, 7) is 1.85. The highest BCUT2D eigenvalue weighted by atomic mass is 35.5. The van der Waals surface area contributed by atoms with E-state index < -0.39 is 16.0 Å². The smallest absolute Gasteiger partial charge is 0.339 e. The quantitative estimate of drug-likeness (QED) is 0.277. The van der Waals surface area contributed by atoms with Crippen LogP contribution in [0.25, 0.3) is 6.08 Å². The van der Waals surface area contributed by atoms with Gasteiger partial charge < -0.3 is 9.50 Å². The van der Waals surface area contributed by atoms with E-state index in [-0.39, 0.29) is 32.0 Å². The number of halogens is 2. The van der Waals surface area contributed by atoms with Crippen molar-refractivity contribution in [3.63, 3.8) is 0 Å². The van der Waals surface area contributed by atoms with Crippen LogP contribution >= 0.6 is 23.2 Å². The van der Waals surface area contributed by atoms with E-state index in [2.05, 4.69) is 5.32 Å². The van der Waals surface area contributed by atoms with E-state index in [1.165, 1.54) is 42.5 Å². The van der Waals surface area contributed by atoms with Gasteiger partial charge in [-0.25, -0.2) is 0 Å². The zero-order valence-corrected chi connectivity index (χ0v) is 19.0. The Balaban J connectivity index is 1.76. The Morgan fingerprint density at radius 1 is 1.00 bits per heavy atom. The SMILES string of the molecule is Cc1ccc(S(=O)(=O)Oc2ccc(/C=C(\C#N)C(=O)Nc3c(Cl)cccc3Cl)cc2)cc1. The van der Waals surface area contributed by atoms with Gasteiger partial charge in [0.05, 0.1) is 15.7 Å². The Hall–Kier alpha value is -3.31. The van der Waals surface area contributed by atoms with Gasteiger partial charge in [0.2, 0.25) is 0 Å². The van der Waals surface area contributed by atoms with Crippen LogP contribution in [0.4, 0.5) is 5.69 Å². The van der Waals surface area contributed by atoms with Gasteiger partial charge in [0.1, 0.15) is 22.3 Å². The van der Waals surface area contributed by atoms with Gasteiger partial charge in [-0.1, -0.05) is 59.1 Å². The summed E-state index contributed by atoms with van der Waals surface area (Å²) in [6, 6.07) is 18.7. The summed E-state index contributed by atoms with van der Waals surface area (Å²) in [7, 11) is -3.98. The van der Waals surface area contributed by atoms with Gasteiger partial charge in [0, 0.05) is 0 Å². The lowest BCUT2D eigenvalue weighted by Crippen LogP contribution is -2.14. The molecule has 0 atom stereocenters. The molecule has 0 spiro atoms. The third-order valence-electron chi connectivity index (χ3n) is 4.27. The number of aryl methyl sites for hydroxylation is 1. The zero-order chi connectivity index (χ0) is 23.3. The molecule has 0 bridgehead atoms. The highest BCUT2D eigenvalue weighted by Gasteiger charge is 2.17. The van der Waals surface area contributed by atoms with Crippen molar-refractivity contribution in [3.8, 4) is 11.8 Å². The summed E-state index contributed by atoms with van der Waals surface area (Å²) in [5.41, 5.74) is 1.42. The molecule has 3 aromatic carbocycles. The normalized spacial score (nSPS) is 11.5. The molecule has 162 valence electrons. The van der Waals surface area contributed by atoms with Gasteiger partial charge in [-0.05, 0) is 55.0 Å². The molecular formula is C23H16Cl2N2O4S. The molecule has 0 fully saturated rings. The predicted molar refractivity (Wildman–Crippen MR) is 124 cm³/mol. The molecule has 3 aromatic rings. The van der Waals surface area contributed by atoms with Crippen molar-refractivity contribution >= 4 is 51.0 Å². The number of nitrogens with zero attached hydrogens (tertiary/aromatic N) is 1. The average molecular weight is 487 g/mol. The number of rotatable bonds is 6. The molecule has 0 aliphatic heterocycles. The van der Waals surface area contributed by atoms with Gasteiger partial charge in [0.15, 0.2) is 0 Å². The summed E-state index contributed by atoms with van der Waals surface area (Å²) in [6.07, 6.45) is 1.35. The number of hydrogen-bond donors (Lipinski definition) is 1. The van der Waals surface area contributed by atoms with Gasteiger partial charge in [-0.3, -0.25) is 4.79 Å². The lowest BCUT2D eigenvalue weighted by molar-refractivity contribution is -0.112. The number of amides is 1. The molecule has 0 aliphatic rings. The van der Waals surface area contributed by atoms with E-state index >= 15 is 0 Å². The van der Waals surface area contributed by atoms with E-state index in [0.717, 1.165) is 5.56 Å². The molecule has 0 aliphatic carbocycles. The highest BCUT2D eigenvalue weighted by Crippen LogP contribution is 2.30. The molecule has 6 nitrogen and oxygen atoms in total. The molecule has 9 heteroatoms. The third-order valence-corrected chi connectivity index (χ3v) is 6.16. The first-order valence-corrected chi connectivity index (χ1v) is 11.3. The standard InChI is InChI=1S/C23H16Cl2N2O4S/c1-15-5-11-19(12-6-15)32(29,30)31-18-9-7-16(8-10-18)13-17(14-26)23(28)27-22-20(24)3-2-4-21(22)25/h2-13H,1H3,(H,27,28)/b17-13+. The number of carbonyl (C=O) groups is 1. The van der Waals surface area contributed by atoms with Crippen LogP contribution in [0.3, 0.4) is 0 Å². The lowest BCUT2D eigenvalue weighted by atomic mass is 10.1. The Kier molecular flexibility index (Phi) is 7.21. The Morgan fingerprint density at radius 3 is 2.16 bits per heavy atom. The van der Waals surface area contributed by atoms with Crippen LogP contribution in [0, 0.1) is 18.3 Å². The average Bonchev–Trinajstić information content (AvgIpc) is 2.76. The predicted octanol–water partition coefficient (Wildman–Crippen LogP) is 5.62. The van der Waals surface area contributed by atoms with Gasteiger partial charge >= 0.3 is 10.1 Å². The second-order valence-corrected chi connectivity index (χ2v) is 9.00. The number of anilines is 1. The number of para-hydroxylation sites is 1. The monoisotopic (exact) mass is 486 g/mol. The number of carbonyl (C=O) groups excluding carboxylic acids is 1. The summed E-state index contributed by atoms with van der Waals surface area (Å²) in [4.78, 5) is 12.5. The molecule has 0 heterocycles. The van der Waals surface area contributed by atoms with Gasteiger partial charge in [-0.2, -0.15) is 13.7 Å². The topological polar surface area (TPSA) is 96.3 Å². The van der Waals surface area contributed by atoms with Crippen molar-refractivity contribution < 1.29 is 17.4 Å². The van der Waals surface area contributed by atoms with Crippen molar-refractivity contribution in [2.24, 2.45) is 0 Å². The van der Waals surface area contributed by atoms with Gasteiger partial charge in [-0.15, -0.1) is 0 Å². The summed E-state index contributed by atoms with van der Waals surface area (Å²) >= 11 is 12.1. The Labute approximate surface area is 195 Å². The molecule has 1 amide bonds. The van der Waals surface area contributed by atoms with Crippen molar-refractivity contribution in [2.45, 2.75) is 11.8 Å². The van der Waals surface area contributed by atoms with Crippen molar-refractivity contribution in [2.75, 3.05) is 5.32 Å². The number of hydrogen-bond acceptors (Lipinski definition) is 5. The molecule has 3 rings (SSSR count). The number of nitrogens with one attached hydrogen (secondary N) is 1. The van der Waals surface area contributed by atoms with Crippen molar-refractivity contribution in [1.29, 1.82) is 5.26 Å². The minimum atomic E-state index is -3.98. The highest BCUT2D eigenvalue weighted by molar-refractivity contribution is 7.87. The molecular weight excluding hydrogens is 471 g/mol. The van der Waals surface area contributed by atoms with Crippen LogP contribution < -0.4 is 9.50 Å².